The zero-order chi connectivity index (χ0) is 20.6. The Hall–Kier alpha value is -3.00. The molecule has 0 radical (unpaired) electrons. The number of rotatable bonds is 9. The minimum atomic E-state index is -0.132. The highest BCUT2D eigenvalue weighted by Gasteiger charge is 2.14. The van der Waals surface area contributed by atoms with Crippen molar-refractivity contribution in [2.75, 3.05) is 24.3 Å². The predicted octanol–water partition coefficient (Wildman–Crippen LogP) is 4.01. The van der Waals surface area contributed by atoms with Crippen molar-refractivity contribution in [3.05, 3.63) is 48.5 Å². The Morgan fingerprint density at radius 1 is 1.03 bits per heavy atom. The fraction of sp³-hybridized carbons (Fsp3) is 0.286. The number of anilines is 1. The van der Waals surface area contributed by atoms with Crippen LogP contribution in [-0.2, 0) is 11.8 Å². The normalized spacial score (nSPS) is 10.6. The first-order valence-electron chi connectivity index (χ1n) is 9.39. The average Bonchev–Trinajstić information content (AvgIpc) is 3.09. The molecular weight excluding hydrogens is 388 g/mol. The van der Waals surface area contributed by atoms with Crippen LogP contribution in [0.2, 0.25) is 0 Å². The maximum Gasteiger partial charge on any atom is 0.234 e. The molecule has 0 aliphatic carbocycles. The summed E-state index contributed by atoms with van der Waals surface area (Å²) in [6.07, 6.45) is 0. The molecule has 1 N–H and O–H groups in total. The number of hydrogen-bond acceptors (Lipinski definition) is 6. The lowest BCUT2D eigenvalue weighted by atomic mass is 10.2. The van der Waals surface area contributed by atoms with Gasteiger partial charge < -0.3 is 19.4 Å². The number of nitrogens with one attached hydrogen (secondary N) is 1. The molecule has 0 saturated heterocycles. The van der Waals surface area contributed by atoms with Crippen LogP contribution in [0.3, 0.4) is 0 Å². The molecule has 0 fully saturated rings. The summed E-state index contributed by atoms with van der Waals surface area (Å²) < 4.78 is 12.9. The smallest absolute Gasteiger partial charge is 0.234 e. The Morgan fingerprint density at radius 3 is 2.48 bits per heavy atom. The van der Waals surface area contributed by atoms with E-state index in [0.29, 0.717) is 29.8 Å². The van der Waals surface area contributed by atoms with Crippen LogP contribution in [0.1, 0.15) is 13.8 Å². The summed E-state index contributed by atoms with van der Waals surface area (Å²) in [6.45, 7) is 5.02. The quantitative estimate of drug-likeness (QED) is 0.535. The zero-order valence-corrected chi connectivity index (χ0v) is 17.5. The van der Waals surface area contributed by atoms with E-state index >= 15 is 0 Å². The van der Waals surface area contributed by atoms with Gasteiger partial charge in [0.05, 0.1) is 24.7 Å². The van der Waals surface area contributed by atoms with Gasteiger partial charge in [-0.25, -0.2) is 0 Å². The minimum absolute atomic E-state index is 0.132. The summed E-state index contributed by atoms with van der Waals surface area (Å²) in [7, 11) is 1.89. The van der Waals surface area contributed by atoms with Crippen molar-refractivity contribution in [2.24, 2.45) is 7.05 Å². The van der Waals surface area contributed by atoms with E-state index in [0.717, 1.165) is 17.1 Å². The number of thioether (sulfide) groups is 1. The Kier molecular flexibility index (Phi) is 7.13. The molecule has 3 aromatic rings. The molecule has 29 heavy (non-hydrogen) atoms. The van der Waals surface area contributed by atoms with Gasteiger partial charge in [-0.15, -0.1) is 10.2 Å². The van der Waals surface area contributed by atoms with Crippen LogP contribution in [0.4, 0.5) is 5.69 Å². The van der Waals surface area contributed by atoms with Gasteiger partial charge in [-0.1, -0.05) is 23.9 Å². The zero-order valence-electron chi connectivity index (χ0n) is 16.7. The Morgan fingerprint density at radius 2 is 1.76 bits per heavy atom. The van der Waals surface area contributed by atoms with Gasteiger partial charge in [0.25, 0.3) is 0 Å². The molecule has 3 rings (SSSR count). The lowest BCUT2D eigenvalue weighted by Crippen LogP contribution is -2.15. The van der Waals surface area contributed by atoms with Gasteiger partial charge in [0.1, 0.15) is 11.5 Å². The van der Waals surface area contributed by atoms with Crippen molar-refractivity contribution in [1.29, 1.82) is 0 Å². The van der Waals surface area contributed by atoms with Crippen molar-refractivity contribution in [1.82, 2.24) is 14.8 Å². The number of amides is 1. The second kappa shape index (κ2) is 9.97. The SMILES string of the molecule is CCOc1ccc(-c2nnc(SCC(=O)Nc3ccccc3OCC)n2C)cc1. The molecule has 0 spiro atoms. The number of ether oxygens (including phenoxy) is 2. The Labute approximate surface area is 174 Å². The third-order valence-electron chi connectivity index (χ3n) is 4.05. The number of hydrogen-bond donors (Lipinski definition) is 1. The fourth-order valence-corrected chi connectivity index (χ4v) is 3.44. The molecule has 0 saturated carbocycles. The van der Waals surface area contributed by atoms with E-state index < -0.39 is 0 Å². The molecule has 7 nitrogen and oxygen atoms in total. The van der Waals surface area contributed by atoms with E-state index in [1.807, 2.05) is 74.0 Å². The lowest BCUT2D eigenvalue weighted by molar-refractivity contribution is -0.113. The van der Waals surface area contributed by atoms with Gasteiger partial charge in [-0.3, -0.25) is 4.79 Å². The third-order valence-corrected chi connectivity index (χ3v) is 5.07. The lowest BCUT2D eigenvalue weighted by Gasteiger charge is -2.11. The number of carbonyl (C=O) groups is 1. The minimum Gasteiger partial charge on any atom is -0.494 e. The topological polar surface area (TPSA) is 78.3 Å². The average molecular weight is 413 g/mol. The molecule has 0 aliphatic rings. The second-order valence-corrected chi connectivity index (χ2v) is 7.03. The van der Waals surface area contributed by atoms with E-state index in [2.05, 4.69) is 15.5 Å². The second-order valence-electron chi connectivity index (χ2n) is 6.09. The molecule has 1 aromatic heterocycles. The van der Waals surface area contributed by atoms with Crippen LogP contribution in [0.5, 0.6) is 11.5 Å². The first kappa shape index (κ1) is 20.7. The molecule has 1 amide bonds. The highest BCUT2D eigenvalue weighted by Crippen LogP contribution is 2.26. The van der Waals surface area contributed by atoms with Crippen LogP contribution in [-0.4, -0.2) is 39.6 Å². The van der Waals surface area contributed by atoms with Crippen LogP contribution < -0.4 is 14.8 Å². The van der Waals surface area contributed by atoms with Crippen LogP contribution in [0.25, 0.3) is 11.4 Å². The number of aromatic nitrogens is 3. The number of nitrogens with zero attached hydrogens (tertiary/aromatic N) is 3. The van der Waals surface area contributed by atoms with E-state index in [-0.39, 0.29) is 11.7 Å². The molecule has 0 unspecified atom stereocenters. The van der Waals surface area contributed by atoms with E-state index in [1.54, 1.807) is 0 Å². The molecule has 152 valence electrons. The largest absolute Gasteiger partial charge is 0.494 e. The first-order valence-corrected chi connectivity index (χ1v) is 10.4. The molecular formula is C21H24N4O3S. The highest BCUT2D eigenvalue weighted by molar-refractivity contribution is 7.99. The monoisotopic (exact) mass is 412 g/mol. The van der Waals surface area contributed by atoms with Gasteiger partial charge in [0, 0.05) is 12.6 Å². The molecule has 0 atom stereocenters. The van der Waals surface area contributed by atoms with Crippen LogP contribution in [0, 0.1) is 0 Å². The van der Waals surface area contributed by atoms with E-state index in [1.165, 1.54) is 11.8 Å². The molecule has 8 heteroatoms. The maximum atomic E-state index is 12.4. The molecule has 1 heterocycles. The number of benzene rings is 2. The van der Waals surface area contributed by atoms with E-state index in [9.17, 15) is 4.79 Å². The number of carbonyl (C=O) groups excluding carboxylic acids is 1. The van der Waals surface area contributed by atoms with Gasteiger partial charge in [0.15, 0.2) is 11.0 Å². The van der Waals surface area contributed by atoms with Crippen molar-refractivity contribution < 1.29 is 14.3 Å². The van der Waals surface area contributed by atoms with Gasteiger partial charge in [0.2, 0.25) is 5.91 Å². The van der Waals surface area contributed by atoms with Crippen molar-refractivity contribution in [2.45, 2.75) is 19.0 Å². The molecule has 2 aromatic carbocycles. The van der Waals surface area contributed by atoms with Crippen LogP contribution in [0.15, 0.2) is 53.7 Å². The van der Waals surface area contributed by atoms with Crippen LogP contribution >= 0.6 is 11.8 Å². The highest BCUT2D eigenvalue weighted by atomic mass is 32.2. The van der Waals surface area contributed by atoms with Crippen molar-refractivity contribution in [3.8, 4) is 22.9 Å². The van der Waals surface area contributed by atoms with Gasteiger partial charge in [-0.2, -0.15) is 0 Å². The Bertz CT molecular complexity index is 957. The summed E-state index contributed by atoms with van der Waals surface area (Å²) >= 11 is 1.33. The Balaban J connectivity index is 1.62. The molecule has 0 aliphatic heterocycles. The number of para-hydroxylation sites is 2. The summed E-state index contributed by atoms with van der Waals surface area (Å²) in [6, 6.07) is 15.1. The predicted molar refractivity (Wildman–Crippen MR) is 115 cm³/mol. The summed E-state index contributed by atoms with van der Waals surface area (Å²) in [5.74, 6) is 2.29. The molecule has 0 bridgehead atoms. The van der Waals surface area contributed by atoms with E-state index in [4.69, 9.17) is 9.47 Å². The van der Waals surface area contributed by atoms with Crippen molar-refractivity contribution >= 4 is 23.4 Å². The van der Waals surface area contributed by atoms with Gasteiger partial charge in [-0.05, 0) is 50.2 Å². The maximum absolute atomic E-state index is 12.4. The summed E-state index contributed by atoms with van der Waals surface area (Å²) in [5, 5.41) is 12.0. The van der Waals surface area contributed by atoms with Crippen molar-refractivity contribution in [3.63, 3.8) is 0 Å². The standard InChI is InChI=1S/C21H24N4O3S/c1-4-27-16-12-10-15(11-13-16)20-23-24-21(25(20)3)29-14-19(26)22-17-8-6-7-9-18(17)28-5-2/h6-13H,4-5,14H2,1-3H3,(H,22,26). The third kappa shape index (κ3) is 5.29. The first-order chi connectivity index (χ1) is 14.1. The fourth-order valence-electron chi connectivity index (χ4n) is 2.73. The van der Waals surface area contributed by atoms with Gasteiger partial charge >= 0.3 is 0 Å². The summed E-state index contributed by atoms with van der Waals surface area (Å²) in [4.78, 5) is 12.4. The summed E-state index contributed by atoms with van der Waals surface area (Å²) in [5.41, 5.74) is 1.60.